The number of hydrogen-bond donors (Lipinski definition) is 2. The van der Waals surface area contributed by atoms with Crippen LogP contribution in [0, 0.1) is 0 Å². The van der Waals surface area contributed by atoms with Crippen molar-refractivity contribution in [3.05, 3.63) is 29.3 Å². The number of benzene rings is 1. The summed E-state index contributed by atoms with van der Waals surface area (Å²) >= 11 is 5.57. The van der Waals surface area contributed by atoms with Crippen LogP contribution < -0.4 is 11.1 Å². The number of alkyl halides is 1. The molecule has 0 spiro atoms. The van der Waals surface area contributed by atoms with Crippen LogP contribution in [0.4, 0.5) is 5.69 Å². The van der Waals surface area contributed by atoms with E-state index in [9.17, 15) is 19.2 Å². The number of carbonyl (C=O) groups excluding carboxylic acids is 4. The lowest BCUT2D eigenvalue weighted by molar-refractivity contribution is -0.136. The fourth-order valence-electron chi connectivity index (χ4n) is 2.72. The van der Waals surface area contributed by atoms with E-state index in [2.05, 4.69) is 10.3 Å². The number of fused-ring (bicyclic) bond motifs is 1. The van der Waals surface area contributed by atoms with Crippen LogP contribution in [-0.4, -0.2) is 46.3 Å². The molecule has 0 bridgehead atoms. The summed E-state index contributed by atoms with van der Waals surface area (Å²) in [5.74, 6) is -2.01. The van der Waals surface area contributed by atoms with Crippen molar-refractivity contribution in [1.82, 2.24) is 10.2 Å². The first kappa shape index (κ1) is 16.1. The first-order valence-electron chi connectivity index (χ1n) is 7.17. The van der Waals surface area contributed by atoms with Gasteiger partial charge < -0.3 is 5.73 Å². The van der Waals surface area contributed by atoms with E-state index in [1.165, 1.54) is 18.2 Å². The van der Waals surface area contributed by atoms with Crippen molar-refractivity contribution in [3.63, 3.8) is 0 Å². The van der Waals surface area contributed by atoms with Crippen molar-refractivity contribution in [1.29, 1.82) is 0 Å². The number of amidine groups is 1. The molecule has 124 valence electrons. The Balaban J connectivity index is 1.94. The van der Waals surface area contributed by atoms with Crippen molar-refractivity contribution < 1.29 is 19.2 Å². The van der Waals surface area contributed by atoms with Crippen LogP contribution in [0.3, 0.4) is 0 Å². The van der Waals surface area contributed by atoms with Gasteiger partial charge in [-0.15, -0.1) is 11.6 Å². The van der Waals surface area contributed by atoms with Crippen molar-refractivity contribution in [2.75, 3.05) is 5.88 Å². The molecule has 2 aliphatic rings. The number of nitrogens with zero attached hydrogens (tertiary/aromatic N) is 2. The SMILES string of the molecule is NC(CCl)=Nc1ccc2c(c1)C(=O)N(C1CCC(=O)NC1=O)C2=O. The van der Waals surface area contributed by atoms with Crippen molar-refractivity contribution in [2.24, 2.45) is 10.7 Å². The zero-order chi connectivity index (χ0) is 17.4. The molecule has 0 saturated carbocycles. The van der Waals surface area contributed by atoms with Crippen LogP contribution in [0.1, 0.15) is 33.6 Å². The van der Waals surface area contributed by atoms with Gasteiger partial charge in [0.05, 0.1) is 22.7 Å². The quantitative estimate of drug-likeness (QED) is 0.352. The van der Waals surface area contributed by atoms with Crippen molar-refractivity contribution in [3.8, 4) is 0 Å². The number of nitrogens with two attached hydrogens (primary N) is 1. The van der Waals surface area contributed by atoms with Crippen LogP contribution in [0.15, 0.2) is 23.2 Å². The number of halogens is 1. The fourth-order valence-corrected chi connectivity index (χ4v) is 2.78. The van der Waals surface area contributed by atoms with Gasteiger partial charge in [-0.3, -0.25) is 29.4 Å². The molecule has 0 aromatic heterocycles. The molecule has 24 heavy (non-hydrogen) atoms. The summed E-state index contributed by atoms with van der Waals surface area (Å²) in [6, 6.07) is 3.44. The Morgan fingerprint density at radius 2 is 1.96 bits per heavy atom. The molecule has 1 saturated heterocycles. The number of piperidine rings is 1. The predicted octanol–water partition coefficient (Wildman–Crippen LogP) is 0.315. The van der Waals surface area contributed by atoms with Gasteiger partial charge in [0.25, 0.3) is 11.8 Å². The van der Waals surface area contributed by atoms with Crippen LogP contribution >= 0.6 is 11.6 Å². The smallest absolute Gasteiger partial charge is 0.262 e. The maximum Gasteiger partial charge on any atom is 0.262 e. The minimum absolute atomic E-state index is 0.0341. The molecular weight excluding hydrogens is 336 g/mol. The number of rotatable bonds is 3. The summed E-state index contributed by atoms with van der Waals surface area (Å²) in [5.41, 5.74) is 6.28. The van der Waals surface area contributed by atoms with Crippen LogP contribution in [0.2, 0.25) is 0 Å². The van der Waals surface area contributed by atoms with Gasteiger partial charge in [0.1, 0.15) is 11.9 Å². The Morgan fingerprint density at radius 1 is 1.25 bits per heavy atom. The molecule has 8 nitrogen and oxygen atoms in total. The third-order valence-electron chi connectivity index (χ3n) is 3.83. The van der Waals surface area contributed by atoms with Gasteiger partial charge in [-0.05, 0) is 24.6 Å². The maximum atomic E-state index is 12.6. The molecule has 3 N–H and O–H groups in total. The van der Waals surface area contributed by atoms with E-state index >= 15 is 0 Å². The van der Waals surface area contributed by atoms with Gasteiger partial charge in [0.2, 0.25) is 11.8 Å². The van der Waals surface area contributed by atoms with Crippen LogP contribution in [0.5, 0.6) is 0 Å². The van der Waals surface area contributed by atoms with Gasteiger partial charge in [-0.25, -0.2) is 4.99 Å². The maximum absolute atomic E-state index is 12.6. The van der Waals surface area contributed by atoms with Gasteiger partial charge in [-0.2, -0.15) is 0 Å². The van der Waals surface area contributed by atoms with Gasteiger partial charge in [-0.1, -0.05) is 0 Å². The van der Waals surface area contributed by atoms with E-state index in [0.29, 0.717) is 5.69 Å². The highest BCUT2D eigenvalue weighted by Crippen LogP contribution is 2.30. The molecule has 1 fully saturated rings. The Bertz CT molecular complexity index is 805. The monoisotopic (exact) mass is 348 g/mol. The van der Waals surface area contributed by atoms with Gasteiger partial charge in [0, 0.05) is 6.42 Å². The highest BCUT2D eigenvalue weighted by atomic mass is 35.5. The lowest BCUT2D eigenvalue weighted by Crippen LogP contribution is -2.54. The summed E-state index contributed by atoms with van der Waals surface area (Å²) in [5, 5.41) is 2.14. The summed E-state index contributed by atoms with van der Waals surface area (Å²) in [6.07, 6.45) is 0.186. The van der Waals surface area contributed by atoms with E-state index in [1.54, 1.807) is 0 Å². The minimum atomic E-state index is -0.991. The Hall–Kier alpha value is -2.74. The molecule has 0 aliphatic carbocycles. The first-order chi connectivity index (χ1) is 11.4. The molecule has 3 rings (SSSR count). The Kier molecular flexibility index (Phi) is 4.06. The molecule has 9 heteroatoms. The summed E-state index contributed by atoms with van der Waals surface area (Å²) in [7, 11) is 0. The number of carbonyl (C=O) groups is 4. The predicted molar refractivity (Wildman–Crippen MR) is 85.1 cm³/mol. The number of nitrogens with one attached hydrogen (secondary N) is 1. The molecule has 1 aromatic rings. The normalized spacial score (nSPS) is 21.1. The summed E-state index contributed by atoms with van der Waals surface area (Å²) in [4.78, 5) is 53.2. The average molecular weight is 349 g/mol. The number of imide groups is 2. The molecule has 0 radical (unpaired) electrons. The molecule has 1 atom stereocenters. The first-order valence-corrected chi connectivity index (χ1v) is 7.70. The van der Waals surface area contributed by atoms with E-state index in [-0.39, 0.29) is 35.7 Å². The van der Waals surface area contributed by atoms with E-state index in [4.69, 9.17) is 17.3 Å². The zero-order valence-electron chi connectivity index (χ0n) is 12.4. The van der Waals surface area contributed by atoms with Crippen molar-refractivity contribution >= 4 is 46.8 Å². The molecule has 1 unspecified atom stereocenters. The van der Waals surface area contributed by atoms with E-state index < -0.39 is 29.7 Å². The lowest BCUT2D eigenvalue weighted by Gasteiger charge is -2.27. The van der Waals surface area contributed by atoms with E-state index in [1.807, 2.05) is 0 Å². The summed E-state index contributed by atoms with van der Waals surface area (Å²) < 4.78 is 0. The Morgan fingerprint density at radius 3 is 2.62 bits per heavy atom. The number of amides is 4. The molecule has 2 heterocycles. The van der Waals surface area contributed by atoms with E-state index in [0.717, 1.165) is 4.90 Å². The number of hydrogen-bond acceptors (Lipinski definition) is 5. The second-order valence-corrected chi connectivity index (χ2v) is 5.68. The second-order valence-electron chi connectivity index (χ2n) is 5.41. The second kappa shape index (κ2) is 6.04. The molecular formula is C15H13ClN4O4. The third-order valence-corrected chi connectivity index (χ3v) is 4.11. The molecule has 4 amide bonds. The van der Waals surface area contributed by atoms with Gasteiger partial charge >= 0.3 is 0 Å². The lowest BCUT2D eigenvalue weighted by atomic mass is 10.0. The zero-order valence-corrected chi connectivity index (χ0v) is 13.2. The third kappa shape index (κ3) is 2.65. The fraction of sp³-hybridized carbons (Fsp3) is 0.267. The largest absolute Gasteiger partial charge is 0.386 e. The molecule has 2 aliphatic heterocycles. The van der Waals surface area contributed by atoms with Gasteiger partial charge in [0.15, 0.2) is 0 Å². The van der Waals surface area contributed by atoms with Crippen molar-refractivity contribution in [2.45, 2.75) is 18.9 Å². The standard InChI is InChI=1S/C15H13ClN4O4/c16-6-11(17)18-7-1-2-8-9(5-7)15(24)20(14(8)23)10-3-4-12(21)19-13(10)22/h1-2,5,10H,3-4,6H2,(H2,17,18)(H,19,21,22). The van der Waals surface area contributed by atoms with Crippen LogP contribution in [-0.2, 0) is 9.59 Å². The number of aliphatic imine (C=N–C) groups is 1. The Labute approximate surface area is 141 Å². The summed E-state index contributed by atoms with van der Waals surface area (Å²) in [6.45, 7) is 0. The topological polar surface area (TPSA) is 122 Å². The molecule has 1 aromatic carbocycles. The average Bonchev–Trinajstić information content (AvgIpc) is 2.79. The van der Waals surface area contributed by atoms with Crippen LogP contribution in [0.25, 0.3) is 0 Å². The highest BCUT2D eigenvalue weighted by Gasteiger charge is 2.44. The highest BCUT2D eigenvalue weighted by molar-refractivity contribution is 6.28. The minimum Gasteiger partial charge on any atom is -0.386 e.